The molecule has 0 fully saturated rings. The third-order valence-corrected chi connectivity index (χ3v) is 4.21. The zero-order valence-electron chi connectivity index (χ0n) is 15.9. The van der Waals surface area contributed by atoms with E-state index in [1.807, 2.05) is 6.07 Å². The second kappa shape index (κ2) is 8.41. The maximum Gasteiger partial charge on any atom is 0.336 e. The van der Waals surface area contributed by atoms with Crippen LogP contribution in [0.1, 0.15) is 10.5 Å². The molecule has 0 radical (unpaired) electrons. The molecule has 0 aliphatic heterocycles. The molecule has 10 heteroatoms. The number of nitrogens with zero attached hydrogens (tertiary/aromatic N) is 2. The molecule has 10 nitrogen and oxygen atoms in total. The summed E-state index contributed by atoms with van der Waals surface area (Å²) in [7, 11) is 0. The monoisotopic (exact) mass is 420 g/mol. The predicted molar refractivity (Wildman–Crippen MR) is 109 cm³/mol. The third-order valence-electron chi connectivity index (χ3n) is 4.21. The zero-order valence-corrected chi connectivity index (χ0v) is 15.9. The molecule has 2 heterocycles. The first-order chi connectivity index (χ1) is 15.0. The summed E-state index contributed by atoms with van der Waals surface area (Å²) in [6.45, 7) is -0.409. The number of amides is 2. The normalized spacial score (nSPS) is 10.6. The van der Waals surface area contributed by atoms with E-state index in [0.29, 0.717) is 22.4 Å². The Morgan fingerprint density at radius 3 is 2.65 bits per heavy atom. The fourth-order valence-electron chi connectivity index (χ4n) is 2.74. The van der Waals surface area contributed by atoms with Crippen molar-refractivity contribution in [1.29, 1.82) is 0 Å². The zero-order chi connectivity index (χ0) is 21.8. The number of carbonyl (C=O) groups excluding carboxylic acids is 2. The van der Waals surface area contributed by atoms with Gasteiger partial charge in [-0.05, 0) is 30.3 Å². The van der Waals surface area contributed by atoms with Crippen molar-refractivity contribution in [3.05, 3.63) is 83.0 Å². The van der Waals surface area contributed by atoms with Crippen molar-refractivity contribution in [3.8, 4) is 17.2 Å². The maximum absolute atomic E-state index is 12.2. The lowest BCUT2D eigenvalue weighted by Crippen LogP contribution is -2.44. The van der Waals surface area contributed by atoms with Crippen LogP contribution in [0.15, 0.2) is 76.1 Å². The van der Waals surface area contributed by atoms with Gasteiger partial charge in [0.15, 0.2) is 18.1 Å². The number of nitrogens with one attached hydrogen (secondary N) is 2. The Morgan fingerprint density at radius 2 is 1.84 bits per heavy atom. The number of para-hydroxylation sites is 1. The number of rotatable bonds is 5. The number of fused-ring (bicyclic) bond motifs is 1. The average Bonchev–Trinajstić information content (AvgIpc) is 3.18. The Bertz CT molecular complexity index is 1310. The first kappa shape index (κ1) is 19.7. The summed E-state index contributed by atoms with van der Waals surface area (Å²) in [4.78, 5) is 35.5. The molecule has 156 valence electrons. The number of aromatic nitrogens is 2. The van der Waals surface area contributed by atoms with Gasteiger partial charge >= 0.3 is 5.63 Å². The molecular weight excluding hydrogens is 404 g/mol. The SMILES string of the molecule is O=C(COc1ccc2ccc(=O)oc2c1)NNC(=O)c1nn(-c2ccccc2)cc1O. The molecule has 0 aliphatic rings. The first-order valence-corrected chi connectivity index (χ1v) is 9.09. The molecule has 2 aromatic carbocycles. The van der Waals surface area contributed by atoms with Crippen molar-refractivity contribution in [3.63, 3.8) is 0 Å². The predicted octanol–water partition coefficient (Wildman–Crippen LogP) is 1.52. The van der Waals surface area contributed by atoms with Gasteiger partial charge in [-0.3, -0.25) is 20.4 Å². The van der Waals surface area contributed by atoms with Crippen molar-refractivity contribution < 1.29 is 23.8 Å². The molecule has 4 rings (SSSR count). The van der Waals surface area contributed by atoms with Gasteiger partial charge in [0.25, 0.3) is 11.8 Å². The van der Waals surface area contributed by atoms with Crippen LogP contribution in [0.5, 0.6) is 11.5 Å². The average molecular weight is 420 g/mol. The number of ether oxygens (including phenoxy) is 1. The molecular formula is C21H16N4O6. The van der Waals surface area contributed by atoms with Gasteiger partial charge in [0, 0.05) is 17.5 Å². The number of aromatic hydroxyl groups is 1. The molecule has 0 aliphatic carbocycles. The summed E-state index contributed by atoms with van der Waals surface area (Å²) >= 11 is 0. The summed E-state index contributed by atoms with van der Waals surface area (Å²) in [6, 6.07) is 16.6. The Morgan fingerprint density at radius 1 is 1.06 bits per heavy atom. The van der Waals surface area contributed by atoms with Crippen LogP contribution in [0.2, 0.25) is 0 Å². The number of benzene rings is 2. The molecule has 4 aromatic rings. The van der Waals surface area contributed by atoms with Crippen molar-refractivity contribution in [1.82, 2.24) is 20.6 Å². The summed E-state index contributed by atoms with van der Waals surface area (Å²) in [5, 5.41) is 14.7. The van der Waals surface area contributed by atoms with Crippen LogP contribution < -0.4 is 21.2 Å². The highest BCUT2D eigenvalue weighted by Crippen LogP contribution is 2.19. The Labute approximate surface area is 174 Å². The Kier molecular flexibility index (Phi) is 5.35. The van der Waals surface area contributed by atoms with Gasteiger partial charge in [-0.2, -0.15) is 5.10 Å². The summed E-state index contributed by atoms with van der Waals surface area (Å²) in [5.41, 5.74) is 4.56. The molecule has 0 unspecified atom stereocenters. The number of hydrogen-bond acceptors (Lipinski definition) is 7. The third kappa shape index (κ3) is 4.53. The van der Waals surface area contributed by atoms with Crippen LogP contribution in [0.3, 0.4) is 0 Å². The lowest BCUT2D eigenvalue weighted by Gasteiger charge is -2.08. The number of carbonyl (C=O) groups is 2. The highest BCUT2D eigenvalue weighted by Gasteiger charge is 2.18. The van der Waals surface area contributed by atoms with Crippen molar-refractivity contribution >= 4 is 22.8 Å². The van der Waals surface area contributed by atoms with Crippen LogP contribution in [0.25, 0.3) is 16.7 Å². The van der Waals surface area contributed by atoms with Crippen molar-refractivity contribution in [2.45, 2.75) is 0 Å². The van der Waals surface area contributed by atoms with Gasteiger partial charge in [-0.25, -0.2) is 9.48 Å². The van der Waals surface area contributed by atoms with E-state index in [9.17, 15) is 19.5 Å². The van der Waals surface area contributed by atoms with E-state index >= 15 is 0 Å². The molecule has 0 bridgehead atoms. The summed E-state index contributed by atoms with van der Waals surface area (Å²) in [5.74, 6) is -1.48. The topological polar surface area (TPSA) is 136 Å². The molecule has 0 saturated heterocycles. The van der Waals surface area contributed by atoms with Crippen molar-refractivity contribution in [2.24, 2.45) is 0 Å². The summed E-state index contributed by atoms with van der Waals surface area (Å²) < 4.78 is 11.7. The van der Waals surface area contributed by atoms with E-state index in [-0.39, 0.29) is 11.4 Å². The Balaban J connectivity index is 1.33. The molecule has 0 atom stereocenters. The van der Waals surface area contributed by atoms with Gasteiger partial charge in [0.2, 0.25) is 0 Å². The van der Waals surface area contributed by atoms with Gasteiger partial charge in [0.05, 0.1) is 11.9 Å². The van der Waals surface area contributed by atoms with E-state index in [0.717, 1.165) is 0 Å². The number of hydrazine groups is 1. The standard InChI is InChI=1S/C21H16N4O6/c26-16-11-25(14-4-2-1-3-5-14)24-20(16)21(29)23-22-18(27)12-30-15-8-6-13-7-9-19(28)31-17(13)10-15/h1-11,26H,12H2,(H,22,27)(H,23,29). The molecule has 31 heavy (non-hydrogen) atoms. The van der Waals surface area contributed by atoms with Gasteiger partial charge in [-0.15, -0.1) is 0 Å². The second-order valence-electron chi connectivity index (χ2n) is 6.39. The van der Waals surface area contributed by atoms with E-state index in [1.54, 1.807) is 42.5 Å². The lowest BCUT2D eigenvalue weighted by atomic mass is 10.2. The first-order valence-electron chi connectivity index (χ1n) is 9.09. The minimum absolute atomic E-state index is 0.255. The van der Waals surface area contributed by atoms with Crippen LogP contribution in [0.4, 0.5) is 0 Å². The van der Waals surface area contributed by atoms with Gasteiger partial charge < -0.3 is 14.3 Å². The molecule has 2 aromatic heterocycles. The van der Waals surface area contributed by atoms with Gasteiger partial charge in [-0.1, -0.05) is 18.2 Å². The lowest BCUT2D eigenvalue weighted by molar-refractivity contribution is -0.123. The van der Waals surface area contributed by atoms with E-state index in [4.69, 9.17) is 9.15 Å². The quantitative estimate of drug-likeness (QED) is 0.329. The maximum atomic E-state index is 12.2. The van der Waals surface area contributed by atoms with Crippen LogP contribution in [0, 0.1) is 0 Å². The van der Waals surface area contributed by atoms with E-state index in [1.165, 1.54) is 23.0 Å². The molecule has 3 N–H and O–H groups in total. The second-order valence-corrected chi connectivity index (χ2v) is 6.39. The van der Waals surface area contributed by atoms with Crippen molar-refractivity contribution in [2.75, 3.05) is 6.61 Å². The Hall–Kier alpha value is -4.60. The fraction of sp³-hybridized carbons (Fsp3) is 0.0476. The summed E-state index contributed by atoms with van der Waals surface area (Å²) in [6.07, 6.45) is 1.28. The van der Waals surface area contributed by atoms with Crippen LogP contribution in [-0.4, -0.2) is 33.3 Å². The molecule has 0 saturated carbocycles. The highest BCUT2D eigenvalue weighted by atomic mass is 16.5. The number of hydrogen-bond donors (Lipinski definition) is 3. The smallest absolute Gasteiger partial charge is 0.336 e. The fourth-order valence-corrected chi connectivity index (χ4v) is 2.74. The van der Waals surface area contributed by atoms with Crippen LogP contribution >= 0.6 is 0 Å². The molecule has 2 amide bonds. The molecule has 0 spiro atoms. The van der Waals surface area contributed by atoms with E-state index < -0.39 is 24.0 Å². The van der Waals surface area contributed by atoms with Gasteiger partial charge in [0.1, 0.15) is 11.3 Å². The van der Waals surface area contributed by atoms with E-state index in [2.05, 4.69) is 16.0 Å². The minimum atomic E-state index is -0.798. The van der Waals surface area contributed by atoms with Crippen LogP contribution in [-0.2, 0) is 4.79 Å². The largest absolute Gasteiger partial charge is 0.504 e. The minimum Gasteiger partial charge on any atom is -0.504 e. The highest BCUT2D eigenvalue weighted by molar-refractivity contribution is 5.96.